The average Bonchev–Trinajstić information content (AvgIpc) is 2.48. The van der Waals surface area contributed by atoms with Gasteiger partial charge in [0.1, 0.15) is 17.3 Å². The number of carbonyl (C=O) groups is 2. The largest absolute Gasteiger partial charge is 0.463 e. The molecular formula is C15H10ClFO4. The fourth-order valence-electron chi connectivity index (χ4n) is 1.58. The van der Waals surface area contributed by atoms with Crippen molar-refractivity contribution < 1.29 is 23.5 Å². The molecule has 21 heavy (non-hydrogen) atoms. The van der Waals surface area contributed by atoms with Crippen LogP contribution in [0.15, 0.2) is 42.5 Å². The number of Topliss-reactive ketones (excluding diaryl/α,β-unsaturated/α-hetero) is 1. The molecule has 2 aromatic carbocycles. The second-order valence-corrected chi connectivity index (χ2v) is 4.43. The van der Waals surface area contributed by atoms with Crippen LogP contribution >= 0.6 is 11.6 Å². The average molecular weight is 309 g/mol. The minimum Gasteiger partial charge on any atom is -0.463 e. The number of hydrogen-bond donors (Lipinski definition) is 0. The van der Waals surface area contributed by atoms with Gasteiger partial charge in [0.25, 0.3) is 5.78 Å². The summed E-state index contributed by atoms with van der Waals surface area (Å²) in [6.07, 6.45) is 0. The van der Waals surface area contributed by atoms with Crippen LogP contribution in [0.25, 0.3) is 0 Å². The molecule has 2 aromatic rings. The molecule has 108 valence electrons. The molecule has 0 bridgehead atoms. The van der Waals surface area contributed by atoms with Crippen molar-refractivity contribution in [1.82, 2.24) is 0 Å². The van der Waals surface area contributed by atoms with Crippen LogP contribution in [0.5, 0.6) is 11.5 Å². The first kappa shape index (κ1) is 15.0. The molecule has 0 amide bonds. The summed E-state index contributed by atoms with van der Waals surface area (Å²) in [5.41, 5.74) is 0.0231. The molecule has 6 heteroatoms. The highest BCUT2D eigenvalue weighted by Gasteiger charge is 2.20. The van der Waals surface area contributed by atoms with Crippen LogP contribution in [0.2, 0.25) is 5.02 Å². The lowest BCUT2D eigenvalue weighted by atomic mass is 10.1. The third kappa shape index (κ3) is 3.58. The van der Waals surface area contributed by atoms with E-state index in [1.807, 2.05) is 0 Å². The van der Waals surface area contributed by atoms with Crippen LogP contribution in [0.4, 0.5) is 4.39 Å². The van der Waals surface area contributed by atoms with Crippen molar-refractivity contribution in [3.63, 3.8) is 0 Å². The predicted octanol–water partition coefficient (Wildman–Crippen LogP) is 3.63. The van der Waals surface area contributed by atoms with E-state index in [1.165, 1.54) is 42.5 Å². The number of benzene rings is 2. The molecule has 0 radical (unpaired) electrons. The molecule has 2 rings (SSSR count). The second kappa shape index (κ2) is 6.37. The molecule has 0 heterocycles. The van der Waals surface area contributed by atoms with Gasteiger partial charge >= 0.3 is 5.97 Å². The van der Waals surface area contributed by atoms with E-state index in [2.05, 4.69) is 4.74 Å². The first-order valence-corrected chi connectivity index (χ1v) is 6.24. The zero-order valence-electron chi connectivity index (χ0n) is 10.9. The van der Waals surface area contributed by atoms with E-state index in [-0.39, 0.29) is 16.4 Å². The normalized spacial score (nSPS) is 10.0. The van der Waals surface area contributed by atoms with E-state index in [0.717, 1.165) is 7.11 Å². The summed E-state index contributed by atoms with van der Waals surface area (Å²) in [6.45, 7) is 0. The van der Waals surface area contributed by atoms with Gasteiger partial charge in [-0.05, 0) is 36.4 Å². The minimum absolute atomic E-state index is 0.0231. The van der Waals surface area contributed by atoms with Gasteiger partial charge in [0, 0.05) is 11.6 Å². The van der Waals surface area contributed by atoms with E-state index in [0.29, 0.717) is 11.5 Å². The number of halogens is 2. The number of esters is 1. The Hall–Kier alpha value is -2.40. The summed E-state index contributed by atoms with van der Waals surface area (Å²) in [4.78, 5) is 22.8. The molecule has 0 aromatic heterocycles. The van der Waals surface area contributed by atoms with Gasteiger partial charge in [-0.3, -0.25) is 4.79 Å². The molecule has 0 aliphatic heterocycles. The van der Waals surface area contributed by atoms with E-state index in [1.54, 1.807) is 0 Å². The monoisotopic (exact) mass is 308 g/mol. The van der Waals surface area contributed by atoms with Crippen LogP contribution in [-0.4, -0.2) is 18.9 Å². The van der Waals surface area contributed by atoms with Gasteiger partial charge in [-0.2, -0.15) is 0 Å². The fraction of sp³-hybridized carbons (Fsp3) is 0.0667. The Morgan fingerprint density at radius 2 is 1.67 bits per heavy atom. The number of carbonyl (C=O) groups excluding carboxylic acids is 2. The second-order valence-electron chi connectivity index (χ2n) is 4.02. The van der Waals surface area contributed by atoms with Crippen LogP contribution in [-0.2, 0) is 9.53 Å². The van der Waals surface area contributed by atoms with Crippen molar-refractivity contribution in [2.45, 2.75) is 0 Å². The van der Waals surface area contributed by atoms with Crippen molar-refractivity contribution >= 4 is 23.4 Å². The maximum absolute atomic E-state index is 12.8. The number of ketones is 1. The standard InChI is InChI=1S/C15H10ClFO4/c1-20-15(19)14(18)12-7-6-11(8-13(12)16)21-10-4-2-9(17)3-5-10/h2-8H,1H3. The third-order valence-corrected chi connectivity index (χ3v) is 2.92. The fourth-order valence-corrected chi connectivity index (χ4v) is 1.84. The minimum atomic E-state index is -0.996. The van der Waals surface area contributed by atoms with Crippen LogP contribution < -0.4 is 4.74 Å². The first-order chi connectivity index (χ1) is 10.0. The molecular weight excluding hydrogens is 299 g/mol. The van der Waals surface area contributed by atoms with Crippen molar-refractivity contribution in [3.8, 4) is 11.5 Å². The van der Waals surface area contributed by atoms with Crippen LogP contribution in [0.3, 0.4) is 0 Å². The SMILES string of the molecule is COC(=O)C(=O)c1ccc(Oc2ccc(F)cc2)cc1Cl. The van der Waals surface area contributed by atoms with Crippen molar-refractivity contribution in [2.24, 2.45) is 0 Å². The number of rotatable bonds is 4. The first-order valence-electron chi connectivity index (χ1n) is 5.87. The molecule has 0 N–H and O–H groups in total. The molecule has 0 saturated heterocycles. The highest BCUT2D eigenvalue weighted by Crippen LogP contribution is 2.27. The van der Waals surface area contributed by atoms with Gasteiger partial charge in [0.05, 0.1) is 12.1 Å². The Bertz CT molecular complexity index is 683. The summed E-state index contributed by atoms with van der Waals surface area (Å²) >= 11 is 5.95. The van der Waals surface area contributed by atoms with Gasteiger partial charge < -0.3 is 9.47 Å². The summed E-state index contributed by atoms with van der Waals surface area (Å²) in [5.74, 6) is -1.44. The van der Waals surface area contributed by atoms with Crippen molar-refractivity contribution in [2.75, 3.05) is 7.11 Å². The maximum atomic E-state index is 12.8. The summed E-state index contributed by atoms with van der Waals surface area (Å²) in [6, 6.07) is 9.65. The Balaban J connectivity index is 2.21. The predicted molar refractivity (Wildman–Crippen MR) is 74.3 cm³/mol. The Labute approximate surface area is 125 Å². The molecule has 0 fully saturated rings. The van der Waals surface area contributed by atoms with E-state index in [9.17, 15) is 14.0 Å². The number of hydrogen-bond acceptors (Lipinski definition) is 4. The van der Waals surface area contributed by atoms with Gasteiger partial charge in [-0.15, -0.1) is 0 Å². The van der Waals surface area contributed by atoms with Gasteiger partial charge in [-0.25, -0.2) is 9.18 Å². The molecule has 4 nitrogen and oxygen atoms in total. The Morgan fingerprint density at radius 3 is 2.24 bits per heavy atom. The molecule has 0 aliphatic carbocycles. The molecule has 0 saturated carbocycles. The molecule has 0 spiro atoms. The Kier molecular flexibility index (Phi) is 4.55. The quantitative estimate of drug-likeness (QED) is 0.492. The van der Waals surface area contributed by atoms with Crippen LogP contribution in [0.1, 0.15) is 10.4 Å². The Morgan fingerprint density at radius 1 is 1.05 bits per heavy atom. The van der Waals surface area contributed by atoms with Gasteiger partial charge in [0.2, 0.25) is 0 Å². The lowest BCUT2D eigenvalue weighted by Crippen LogP contribution is -2.16. The van der Waals surface area contributed by atoms with E-state index >= 15 is 0 Å². The van der Waals surface area contributed by atoms with Gasteiger partial charge in [0.15, 0.2) is 0 Å². The lowest BCUT2D eigenvalue weighted by molar-refractivity contribution is -0.135. The smallest absolute Gasteiger partial charge is 0.379 e. The topological polar surface area (TPSA) is 52.6 Å². The lowest BCUT2D eigenvalue weighted by Gasteiger charge is -2.08. The molecule has 0 atom stereocenters. The highest BCUT2D eigenvalue weighted by molar-refractivity contribution is 6.45. The maximum Gasteiger partial charge on any atom is 0.379 e. The van der Waals surface area contributed by atoms with Crippen LogP contribution in [0, 0.1) is 5.82 Å². The zero-order valence-corrected chi connectivity index (χ0v) is 11.7. The van der Waals surface area contributed by atoms with Crippen molar-refractivity contribution in [3.05, 3.63) is 58.9 Å². The number of methoxy groups -OCH3 is 1. The zero-order chi connectivity index (χ0) is 15.4. The van der Waals surface area contributed by atoms with E-state index in [4.69, 9.17) is 16.3 Å². The summed E-state index contributed by atoms with van der Waals surface area (Å²) in [5, 5.41) is 0.0602. The third-order valence-electron chi connectivity index (χ3n) is 2.61. The van der Waals surface area contributed by atoms with Gasteiger partial charge in [-0.1, -0.05) is 11.6 Å². The summed E-state index contributed by atoms with van der Waals surface area (Å²) in [7, 11) is 1.11. The molecule has 0 aliphatic rings. The van der Waals surface area contributed by atoms with Crippen molar-refractivity contribution in [1.29, 1.82) is 0 Å². The summed E-state index contributed by atoms with van der Waals surface area (Å²) < 4.78 is 22.6. The van der Waals surface area contributed by atoms with E-state index < -0.39 is 11.8 Å². The number of ether oxygens (including phenoxy) is 2. The molecule has 0 unspecified atom stereocenters. The highest BCUT2D eigenvalue weighted by atomic mass is 35.5.